The Morgan fingerprint density at radius 1 is 1.50 bits per heavy atom. The number of benzene rings is 1. The predicted octanol–water partition coefficient (Wildman–Crippen LogP) is 2.90. The van der Waals surface area contributed by atoms with Crippen LogP contribution in [0.1, 0.15) is 43.4 Å². The summed E-state index contributed by atoms with van der Waals surface area (Å²) >= 11 is 0. The van der Waals surface area contributed by atoms with Gasteiger partial charge in [0.1, 0.15) is 5.82 Å². The Morgan fingerprint density at radius 2 is 2.22 bits per heavy atom. The first kappa shape index (κ1) is 14.6. The van der Waals surface area contributed by atoms with Crippen LogP contribution in [0.15, 0.2) is 18.2 Å². The van der Waals surface area contributed by atoms with Crippen LogP contribution >= 0.6 is 0 Å². The molecule has 0 aliphatic heterocycles. The second-order valence-electron chi connectivity index (χ2n) is 4.28. The smallest absolute Gasteiger partial charge is 0.305 e. The van der Waals surface area contributed by atoms with Crippen molar-refractivity contribution in [3.8, 4) is 0 Å². The molecule has 0 aliphatic rings. The van der Waals surface area contributed by atoms with Gasteiger partial charge in [-0.05, 0) is 43.0 Å². The fourth-order valence-corrected chi connectivity index (χ4v) is 1.71. The summed E-state index contributed by atoms with van der Waals surface area (Å²) in [4.78, 5) is 11.3. The third kappa shape index (κ3) is 4.45. The van der Waals surface area contributed by atoms with Crippen LogP contribution in [0.5, 0.6) is 0 Å². The zero-order valence-electron chi connectivity index (χ0n) is 10.8. The van der Waals surface area contributed by atoms with Gasteiger partial charge in [-0.25, -0.2) is 4.39 Å². The number of aliphatic hydroxyl groups is 1. The van der Waals surface area contributed by atoms with Crippen molar-refractivity contribution in [3.63, 3.8) is 0 Å². The maximum Gasteiger partial charge on any atom is 0.305 e. The molecule has 0 amide bonds. The summed E-state index contributed by atoms with van der Waals surface area (Å²) in [5, 5.41) is 9.94. The highest BCUT2D eigenvalue weighted by Crippen LogP contribution is 2.22. The number of carbonyl (C=O) groups excluding carboxylic acids is 1. The van der Waals surface area contributed by atoms with E-state index in [1.54, 1.807) is 13.0 Å². The normalized spacial score (nSPS) is 12.2. The average Bonchev–Trinajstić information content (AvgIpc) is 2.33. The van der Waals surface area contributed by atoms with E-state index in [1.165, 1.54) is 12.1 Å². The summed E-state index contributed by atoms with van der Waals surface area (Å²) in [5.74, 6) is -0.638. The third-order valence-electron chi connectivity index (χ3n) is 2.68. The Hall–Kier alpha value is -1.42. The van der Waals surface area contributed by atoms with E-state index in [0.29, 0.717) is 17.7 Å². The van der Waals surface area contributed by atoms with Gasteiger partial charge in [0, 0.05) is 6.42 Å². The second kappa shape index (κ2) is 7.11. The first-order valence-electron chi connectivity index (χ1n) is 6.14. The molecule has 0 aliphatic carbocycles. The van der Waals surface area contributed by atoms with Gasteiger partial charge in [-0.3, -0.25) is 4.79 Å². The topological polar surface area (TPSA) is 46.5 Å². The molecule has 4 heteroatoms. The van der Waals surface area contributed by atoms with Gasteiger partial charge in [0.15, 0.2) is 0 Å². The maximum absolute atomic E-state index is 12.9. The Morgan fingerprint density at radius 3 is 2.83 bits per heavy atom. The highest BCUT2D eigenvalue weighted by Gasteiger charge is 2.13. The van der Waals surface area contributed by atoms with Gasteiger partial charge in [-0.2, -0.15) is 0 Å². The van der Waals surface area contributed by atoms with Gasteiger partial charge in [-0.1, -0.05) is 13.0 Å². The Kier molecular flexibility index (Phi) is 5.78. The summed E-state index contributed by atoms with van der Waals surface area (Å²) in [6.07, 6.45) is 0.470. The number of rotatable bonds is 6. The SMILES string of the molecule is CCCOC(=O)CCC(O)c1ccc(F)cc1C. The van der Waals surface area contributed by atoms with Crippen molar-refractivity contribution < 1.29 is 19.0 Å². The molecule has 0 fully saturated rings. The van der Waals surface area contributed by atoms with Crippen LogP contribution in [-0.4, -0.2) is 17.7 Å². The standard InChI is InChI=1S/C14H19FO3/c1-3-8-18-14(17)7-6-13(16)12-5-4-11(15)9-10(12)2/h4-5,9,13,16H,3,6-8H2,1-2H3. The monoisotopic (exact) mass is 254 g/mol. The third-order valence-corrected chi connectivity index (χ3v) is 2.68. The first-order chi connectivity index (χ1) is 8.54. The zero-order valence-corrected chi connectivity index (χ0v) is 10.8. The molecule has 0 bridgehead atoms. The van der Waals surface area contributed by atoms with E-state index in [9.17, 15) is 14.3 Å². The summed E-state index contributed by atoms with van der Waals surface area (Å²) in [6, 6.07) is 4.22. The summed E-state index contributed by atoms with van der Waals surface area (Å²) in [6.45, 7) is 4.06. The molecular formula is C14H19FO3. The van der Waals surface area contributed by atoms with Crippen molar-refractivity contribution in [2.45, 2.75) is 39.2 Å². The number of halogens is 1. The minimum atomic E-state index is -0.764. The number of hydrogen-bond acceptors (Lipinski definition) is 3. The van der Waals surface area contributed by atoms with Crippen molar-refractivity contribution >= 4 is 5.97 Å². The molecule has 1 rings (SSSR count). The van der Waals surface area contributed by atoms with Gasteiger partial charge in [-0.15, -0.1) is 0 Å². The molecule has 1 N–H and O–H groups in total. The van der Waals surface area contributed by atoms with Crippen molar-refractivity contribution in [3.05, 3.63) is 35.1 Å². The molecule has 3 nitrogen and oxygen atoms in total. The van der Waals surface area contributed by atoms with Crippen molar-refractivity contribution in [1.82, 2.24) is 0 Å². The molecule has 0 saturated carbocycles. The lowest BCUT2D eigenvalue weighted by molar-refractivity contribution is -0.144. The van der Waals surface area contributed by atoms with Crippen LogP contribution in [-0.2, 0) is 9.53 Å². The maximum atomic E-state index is 12.9. The lowest BCUT2D eigenvalue weighted by Gasteiger charge is -2.13. The van der Waals surface area contributed by atoms with Crippen molar-refractivity contribution in [2.24, 2.45) is 0 Å². The molecule has 0 radical (unpaired) electrons. The number of ether oxygens (including phenoxy) is 1. The molecule has 1 aromatic rings. The molecular weight excluding hydrogens is 235 g/mol. The molecule has 1 unspecified atom stereocenters. The number of esters is 1. The summed E-state index contributed by atoms with van der Waals surface area (Å²) in [7, 11) is 0. The van der Waals surface area contributed by atoms with E-state index in [0.717, 1.165) is 6.42 Å². The van der Waals surface area contributed by atoms with Gasteiger partial charge in [0.25, 0.3) is 0 Å². The molecule has 0 saturated heterocycles. The molecule has 18 heavy (non-hydrogen) atoms. The Balaban J connectivity index is 2.50. The minimum Gasteiger partial charge on any atom is -0.466 e. The highest BCUT2D eigenvalue weighted by molar-refractivity contribution is 5.69. The fourth-order valence-electron chi connectivity index (χ4n) is 1.71. The average molecular weight is 254 g/mol. The summed E-state index contributed by atoms with van der Waals surface area (Å²) < 4.78 is 17.8. The van der Waals surface area contributed by atoms with Gasteiger partial charge in [0.2, 0.25) is 0 Å². The number of aliphatic hydroxyl groups excluding tert-OH is 1. The minimum absolute atomic E-state index is 0.165. The lowest BCUT2D eigenvalue weighted by atomic mass is 10.00. The Labute approximate surface area is 107 Å². The quantitative estimate of drug-likeness (QED) is 0.794. The van der Waals surface area contributed by atoms with E-state index in [2.05, 4.69) is 0 Å². The summed E-state index contributed by atoms with van der Waals surface area (Å²) in [5.41, 5.74) is 1.34. The van der Waals surface area contributed by atoms with Gasteiger partial charge < -0.3 is 9.84 Å². The molecule has 0 aromatic heterocycles. The van der Waals surface area contributed by atoms with Crippen LogP contribution in [0.25, 0.3) is 0 Å². The predicted molar refractivity (Wildman–Crippen MR) is 66.6 cm³/mol. The van der Waals surface area contributed by atoms with E-state index in [4.69, 9.17) is 4.74 Å². The highest BCUT2D eigenvalue weighted by atomic mass is 19.1. The van der Waals surface area contributed by atoms with Crippen LogP contribution in [0, 0.1) is 12.7 Å². The fraction of sp³-hybridized carbons (Fsp3) is 0.500. The number of carbonyl (C=O) groups is 1. The molecule has 0 heterocycles. The van der Waals surface area contributed by atoms with Crippen LogP contribution in [0.3, 0.4) is 0 Å². The van der Waals surface area contributed by atoms with Gasteiger partial charge >= 0.3 is 5.97 Å². The number of aryl methyl sites for hydroxylation is 1. The van der Waals surface area contributed by atoms with E-state index in [1.807, 2.05) is 6.92 Å². The van der Waals surface area contributed by atoms with Crippen LogP contribution in [0.2, 0.25) is 0 Å². The second-order valence-corrected chi connectivity index (χ2v) is 4.28. The van der Waals surface area contributed by atoms with E-state index < -0.39 is 6.10 Å². The lowest BCUT2D eigenvalue weighted by Crippen LogP contribution is -2.08. The zero-order chi connectivity index (χ0) is 13.5. The molecule has 1 atom stereocenters. The largest absolute Gasteiger partial charge is 0.466 e. The Bertz CT molecular complexity index is 404. The van der Waals surface area contributed by atoms with Crippen molar-refractivity contribution in [2.75, 3.05) is 6.61 Å². The first-order valence-corrected chi connectivity index (χ1v) is 6.14. The van der Waals surface area contributed by atoms with Crippen LogP contribution in [0.4, 0.5) is 4.39 Å². The molecule has 100 valence electrons. The van der Waals surface area contributed by atoms with E-state index >= 15 is 0 Å². The van der Waals surface area contributed by atoms with E-state index in [-0.39, 0.29) is 24.6 Å². The van der Waals surface area contributed by atoms with Crippen LogP contribution < -0.4 is 0 Å². The van der Waals surface area contributed by atoms with Crippen molar-refractivity contribution in [1.29, 1.82) is 0 Å². The van der Waals surface area contributed by atoms with Gasteiger partial charge in [0.05, 0.1) is 12.7 Å². The molecule has 0 spiro atoms. The number of hydrogen-bond donors (Lipinski definition) is 1. The molecule has 1 aromatic carbocycles.